The Labute approximate surface area is 127 Å². The third-order valence-electron chi connectivity index (χ3n) is 3.09. The van der Waals surface area contributed by atoms with Crippen molar-refractivity contribution < 1.29 is 18.7 Å². The maximum atomic E-state index is 12.2. The van der Waals surface area contributed by atoms with E-state index in [1.54, 1.807) is 24.3 Å². The lowest BCUT2D eigenvalue weighted by atomic mass is 10.1. The number of hydrogen-bond acceptors (Lipinski definition) is 5. The summed E-state index contributed by atoms with van der Waals surface area (Å²) in [4.78, 5) is 23.9. The first-order valence-corrected chi connectivity index (χ1v) is 6.67. The smallest absolute Gasteiger partial charge is 0.244 e. The third-order valence-corrected chi connectivity index (χ3v) is 3.09. The molecule has 0 unspecified atom stereocenters. The molecule has 6 nitrogen and oxygen atoms in total. The summed E-state index contributed by atoms with van der Waals surface area (Å²) in [6.07, 6.45) is 3.51. The molecule has 22 heavy (non-hydrogen) atoms. The molecule has 1 N–H and O–H groups in total. The molecule has 6 heteroatoms. The van der Waals surface area contributed by atoms with Crippen LogP contribution < -0.4 is 10.7 Å². The maximum absolute atomic E-state index is 12.2. The fourth-order valence-electron chi connectivity index (χ4n) is 1.88. The Bertz CT molecular complexity index is 731. The van der Waals surface area contributed by atoms with E-state index in [2.05, 4.69) is 5.32 Å². The van der Waals surface area contributed by atoms with Crippen LogP contribution in [0.25, 0.3) is 17.0 Å². The largest absolute Gasteiger partial charge is 0.463 e. The second kappa shape index (κ2) is 7.53. The van der Waals surface area contributed by atoms with E-state index in [1.165, 1.54) is 32.6 Å². The van der Waals surface area contributed by atoms with Gasteiger partial charge in [-0.15, -0.1) is 0 Å². The summed E-state index contributed by atoms with van der Waals surface area (Å²) < 4.78 is 15.3. The molecule has 0 atom stereocenters. The molecule has 0 fully saturated rings. The molecule has 0 spiro atoms. The number of methoxy groups -OCH3 is 2. The molecule has 0 aliphatic carbocycles. The molecule has 1 aromatic heterocycles. The highest BCUT2D eigenvalue weighted by Gasteiger charge is 2.07. The van der Waals surface area contributed by atoms with Gasteiger partial charge < -0.3 is 19.2 Å². The molecule has 0 radical (unpaired) electrons. The number of hydrogen-bond donors (Lipinski definition) is 1. The molecule has 116 valence electrons. The van der Waals surface area contributed by atoms with E-state index >= 15 is 0 Å². The van der Waals surface area contributed by atoms with Gasteiger partial charge in [-0.05, 0) is 18.2 Å². The van der Waals surface area contributed by atoms with Gasteiger partial charge in [-0.2, -0.15) is 0 Å². The van der Waals surface area contributed by atoms with E-state index in [4.69, 9.17) is 13.9 Å². The average molecular weight is 303 g/mol. The first-order valence-electron chi connectivity index (χ1n) is 6.67. The highest BCUT2D eigenvalue weighted by molar-refractivity contribution is 5.92. The van der Waals surface area contributed by atoms with Crippen LogP contribution in [-0.4, -0.2) is 33.0 Å². The minimum Gasteiger partial charge on any atom is -0.463 e. The minimum atomic E-state index is -0.511. The molecular formula is C16H17NO5. The fraction of sp³-hybridized carbons (Fsp3) is 0.250. The quantitative estimate of drug-likeness (QED) is 0.647. The van der Waals surface area contributed by atoms with E-state index in [9.17, 15) is 9.59 Å². The summed E-state index contributed by atoms with van der Waals surface area (Å²) in [5, 5.41) is 3.08. The van der Waals surface area contributed by atoms with E-state index in [0.29, 0.717) is 16.5 Å². The average Bonchev–Trinajstić information content (AvgIpc) is 2.55. The Morgan fingerprint density at radius 2 is 2.05 bits per heavy atom. The van der Waals surface area contributed by atoms with Gasteiger partial charge in [-0.3, -0.25) is 9.59 Å². The zero-order valence-corrected chi connectivity index (χ0v) is 12.4. The van der Waals surface area contributed by atoms with Crippen LogP contribution in [0, 0.1) is 0 Å². The van der Waals surface area contributed by atoms with Crippen molar-refractivity contribution in [3.8, 4) is 0 Å². The standard InChI is InChI=1S/C16H17NO5/c1-20-15(21-2)9-17-14(18)8-7-11-10-22-13-6-4-3-5-12(13)16(11)19/h3-8,10,15H,9H2,1-2H3,(H,17,18)/b8-7+. The number of carbonyl (C=O) groups is 1. The molecule has 1 heterocycles. The molecule has 1 aromatic carbocycles. The molecule has 2 rings (SSSR count). The van der Waals surface area contributed by atoms with Crippen LogP contribution in [0.2, 0.25) is 0 Å². The van der Waals surface area contributed by atoms with Crippen molar-refractivity contribution in [2.24, 2.45) is 0 Å². The molecule has 0 aliphatic heterocycles. The number of nitrogens with one attached hydrogen (secondary N) is 1. The predicted octanol–water partition coefficient (Wildman–Crippen LogP) is 1.54. The molecule has 0 saturated heterocycles. The summed E-state index contributed by atoms with van der Waals surface area (Å²) in [6, 6.07) is 6.94. The monoisotopic (exact) mass is 303 g/mol. The van der Waals surface area contributed by atoms with Gasteiger partial charge in [0.1, 0.15) is 11.8 Å². The Balaban J connectivity index is 2.08. The number of amides is 1. The molecular weight excluding hydrogens is 286 g/mol. The first kappa shape index (κ1) is 15.9. The Morgan fingerprint density at radius 1 is 1.32 bits per heavy atom. The second-order valence-electron chi connectivity index (χ2n) is 4.50. The van der Waals surface area contributed by atoms with Crippen molar-refractivity contribution in [2.45, 2.75) is 6.29 Å². The summed E-state index contributed by atoms with van der Waals surface area (Å²) in [5.41, 5.74) is 0.638. The molecule has 0 aliphatic rings. The number of fused-ring (bicyclic) bond motifs is 1. The van der Waals surface area contributed by atoms with Gasteiger partial charge in [0.2, 0.25) is 5.91 Å². The van der Waals surface area contributed by atoms with Crippen LogP contribution in [0.4, 0.5) is 0 Å². The van der Waals surface area contributed by atoms with Gasteiger partial charge in [-0.25, -0.2) is 0 Å². The number of para-hydroxylation sites is 1. The van der Waals surface area contributed by atoms with Gasteiger partial charge in [0.25, 0.3) is 0 Å². The molecule has 1 amide bonds. The summed E-state index contributed by atoms with van der Waals surface area (Å²) >= 11 is 0. The third kappa shape index (κ3) is 3.81. The van der Waals surface area contributed by atoms with Crippen LogP contribution in [0.5, 0.6) is 0 Å². The number of benzene rings is 1. The van der Waals surface area contributed by atoms with Crippen LogP contribution in [0.3, 0.4) is 0 Å². The van der Waals surface area contributed by atoms with E-state index in [1.807, 2.05) is 0 Å². The van der Waals surface area contributed by atoms with Crippen LogP contribution in [0.15, 0.2) is 45.8 Å². The van der Waals surface area contributed by atoms with Crippen molar-refractivity contribution in [2.75, 3.05) is 20.8 Å². The van der Waals surface area contributed by atoms with Gasteiger partial charge in [0.15, 0.2) is 11.7 Å². The Morgan fingerprint density at radius 3 is 2.77 bits per heavy atom. The summed E-state index contributed by atoms with van der Waals surface area (Å²) in [5.74, 6) is -0.355. The minimum absolute atomic E-state index is 0.183. The van der Waals surface area contributed by atoms with Gasteiger partial charge in [0, 0.05) is 20.3 Å². The second-order valence-corrected chi connectivity index (χ2v) is 4.50. The van der Waals surface area contributed by atoms with Crippen molar-refractivity contribution in [1.82, 2.24) is 5.32 Å². The van der Waals surface area contributed by atoms with Gasteiger partial charge >= 0.3 is 0 Å². The molecule has 2 aromatic rings. The summed E-state index contributed by atoms with van der Waals surface area (Å²) in [6.45, 7) is 0.211. The van der Waals surface area contributed by atoms with Crippen molar-refractivity contribution in [1.29, 1.82) is 0 Å². The van der Waals surface area contributed by atoms with Crippen LogP contribution >= 0.6 is 0 Å². The van der Waals surface area contributed by atoms with Crippen LogP contribution in [-0.2, 0) is 14.3 Å². The van der Waals surface area contributed by atoms with Crippen molar-refractivity contribution >= 4 is 23.0 Å². The van der Waals surface area contributed by atoms with Crippen LogP contribution in [0.1, 0.15) is 5.56 Å². The number of carbonyl (C=O) groups excluding carboxylic acids is 1. The van der Waals surface area contributed by atoms with Crippen molar-refractivity contribution in [3.63, 3.8) is 0 Å². The van der Waals surface area contributed by atoms with Gasteiger partial charge in [0.05, 0.1) is 17.5 Å². The zero-order chi connectivity index (χ0) is 15.9. The normalized spacial score (nSPS) is 11.4. The molecule has 0 bridgehead atoms. The predicted molar refractivity (Wildman–Crippen MR) is 82.3 cm³/mol. The van der Waals surface area contributed by atoms with Crippen molar-refractivity contribution in [3.05, 3.63) is 52.4 Å². The van der Waals surface area contributed by atoms with E-state index in [-0.39, 0.29) is 17.9 Å². The lowest BCUT2D eigenvalue weighted by Crippen LogP contribution is -2.33. The maximum Gasteiger partial charge on any atom is 0.244 e. The Hall–Kier alpha value is -2.44. The topological polar surface area (TPSA) is 77.8 Å². The van der Waals surface area contributed by atoms with E-state index < -0.39 is 6.29 Å². The number of rotatable bonds is 6. The number of ether oxygens (including phenoxy) is 2. The lowest BCUT2D eigenvalue weighted by molar-refractivity contribution is -0.123. The highest BCUT2D eigenvalue weighted by Crippen LogP contribution is 2.11. The fourth-order valence-corrected chi connectivity index (χ4v) is 1.88. The summed E-state index contributed by atoms with van der Waals surface area (Å²) in [7, 11) is 2.97. The first-order chi connectivity index (χ1) is 10.7. The molecule has 0 saturated carbocycles. The highest BCUT2D eigenvalue weighted by atomic mass is 16.7. The van der Waals surface area contributed by atoms with E-state index in [0.717, 1.165) is 0 Å². The Kier molecular flexibility index (Phi) is 5.46. The van der Waals surface area contributed by atoms with Gasteiger partial charge in [-0.1, -0.05) is 12.1 Å². The zero-order valence-electron chi connectivity index (χ0n) is 12.4. The SMILES string of the molecule is COC(CNC(=O)/C=C/c1coc2ccccc2c1=O)OC. The lowest BCUT2D eigenvalue weighted by Gasteiger charge is -2.12.